The number of pyridine rings is 1. The van der Waals surface area contributed by atoms with E-state index in [-0.39, 0.29) is 6.10 Å². The van der Waals surface area contributed by atoms with Gasteiger partial charge in [0, 0.05) is 18.6 Å². The zero-order chi connectivity index (χ0) is 12.3. The Morgan fingerprint density at radius 2 is 2.53 bits per heavy atom. The van der Waals surface area contributed by atoms with Crippen molar-refractivity contribution in [1.29, 1.82) is 5.26 Å². The molecule has 1 aliphatic heterocycles. The molecule has 90 valence electrons. The molecule has 0 aliphatic carbocycles. The molecule has 0 bridgehead atoms. The van der Waals surface area contributed by atoms with Crippen LogP contribution in [-0.4, -0.2) is 30.8 Å². The summed E-state index contributed by atoms with van der Waals surface area (Å²) in [4.78, 5) is 6.51. The zero-order valence-electron chi connectivity index (χ0n) is 9.69. The van der Waals surface area contributed by atoms with Gasteiger partial charge in [-0.1, -0.05) is 0 Å². The van der Waals surface area contributed by atoms with Gasteiger partial charge >= 0.3 is 0 Å². The third-order valence-electron chi connectivity index (χ3n) is 2.77. The molecule has 2 rings (SSSR count). The first-order valence-electron chi connectivity index (χ1n) is 5.52. The highest BCUT2D eigenvalue weighted by molar-refractivity contribution is 6.17. The zero-order valence-corrected chi connectivity index (χ0v) is 10.4. The normalized spacial score (nSPS) is 20.1. The second-order valence-corrected chi connectivity index (χ2v) is 4.32. The van der Waals surface area contributed by atoms with E-state index < -0.39 is 0 Å². The first-order chi connectivity index (χ1) is 8.24. The smallest absolute Gasteiger partial charge is 0.161 e. The van der Waals surface area contributed by atoms with Crippen molar-refractivity contribution in [3.8, 4) is 6.07 Å². The van der Waals surface area contributed by atoms with Gasteiger partial charge < -0.3 is 9.64 Å². The summed E-state index contributed by atoms with van der Waals surface area (Å²) in [6.45, 7) is 3.92. The van der Waals surface area contributed by atoms with Gasteiger partial charge in [0.1, 0.15) is 5.82 Å². The number of rotatable bonds is 2. The van der Waals surface area contributed by atoms with Crippen LogP contribution in [0.25, 0.3) is 0 Å². The van der Waals surface area contributed by atoms with Gasteiger partial charge in [-0.2, -0.15) is 5.26 Å². The van der Waals surface area contributed by atoms with Crippen molar-refractivity contribution in [2.75, 3.05) is 24.6 Å². The van der Waals surface area contributed by atoms with E-state index in [0.29, 0.717) is 19.0 Å². The van der Waals surface area contributed by atoms with Crippen LogP contribution in [0, 0.1) is 18.3 Å². The van der Waals surface area contributed by atoms with E-state index in [1.54, 1.807) is 6.20 Å². The predicted molar refractivity (Wildman–Crippen MR) is 66.1 cm³/mol. The minimum atomic E-state index is -0.363. The maximum absolute atomic E-state index is 8.87. The summed E-state index contributed by atoms with van der Waals surface area (Å²) in [5.74, 6) is 1.39. The molecule has 1 unspecified atom stereocenters. The molecule has 1 aromatic heterocycles. The topological polar surface area (TPSA) is 49.2 Å². The Kier molecular flexibility index (Phi) is 3.82. The van der Waals surface area contributed by atoms with Crippen molar-refractivity contribution < 1.29 is 4.74 Å². The van der Waals surface area contributed by atoms with Crippen molar-refractivity contribution in [1.82, 2.24) is 4.98 Å². The number of nitrogens with zero attached hydrogens (tertiary/aromatic N) is 3. The fourth-order valence-electron chi connectivity index (χ4n) is 1.95. The van der Waals surface area contributed by atoms with Crippen LogP contribution in [0.3, 0.4) is 0 Å². The van der Waals surface area contributed by atoms with Gasteiger partial charge in [0.25, 0.3) is 0 Å². The molecule has 1 aromatic rings. The molecule has 5 heteroatoms. The van der Waals surface area contributed by atoms with Gasteiger partial charge in [0.05, 0.1) is 19.2 Å². The minimum absolute atomic E-state index is 0.363. The van der Waals surface area contributed by atoms with Gasteiger partial charge in [-0.05, 0) is 24.1 Å². The monoisotopic (exact) mass is 251 g/mol. The molecule has 4 nitrogen and oxygen atoms in total. The molecule has 1 atom stereocenters. The van der Waals surface area contributed by atoms with Crippen molar-refractivity contribution in [2.45, 2.75) is 18.9 Å². The van der Waals surface area contributed by atoms with E-state index in [1.165, 1.54) is 0 Å². The quantitative estimate of drug-likeness (QED) is 0.753. The molecule has 2 heterocycles. The van der Waals surface area contributed by atoms with Crippen LogP contribution in [0.2, 0.25) is 0 Å². The minimum Gasteiger partial charge on any atom is -0.360 e. The van der Waals surface area contributed by atoms with Crippen LogP contribution >= 0.6 is 11.6 Å². The predicted octanol–water partition coefficient (Wildman–Crippen LogP) is 1.86. The lowest BCUT2D eigenvalue weighted by atomic mass is 10.2. The molecular formula is C12H14ClN3O. The summed E-state index contributed by atoms with van der Waals surface area (Å²) in [5.41, 5.74) is 2.10. The van der Waals surface area contributed by atoms with Crippen LogP contribution in [0.4, 0.5) is 5.82 Å². The third-order valence-corrected chi connectivity index (χ3v) is 3.08. The fourth-order valence-corrected chi connectivity index (χ4v) is 2.10. The number of alkyl halides is 1. The largest absolute Gasteiger partial charge is 0.360 e. The molecule has 1 aliphatic rings. The molecule has 0 N–H and O–H groups in total. The lowest BCUT2D eigenvalue weighted by Crippen LogP contribution is -2.42. The number of hydrogen-bond acceptors (Lipinski definition) is 4. The molecule has 0 aromatic carbocycles. The first kappa shape index (κ1) is 12.2. The van der Waals surface area contributed by atoms with Crippen LogP contribution in [0.1, 0.15) is 11.1 Å². The van der Waals surface area contributed by atoms with Crippen molar-refractivity contribution in [3.05, 3.63) is 23.4 Å². The Morgan fingerprint density at radius 3 is 3.18 bits per heavy atom. The molecule has 0 amide bonds. The molecular weight excluding hydrogens is 238 g/mol. The van der Waals surface area contributed by atoms with E-state index in [2.05, 4.69) is 16.0 Å². The summed E-state index contributed by atoms with van der Waals surface area (Å²) >= 11 is 5.77. The summed E-state index contributed by atoms with van der Waals surface area (Å²) in [5, 5.41) is 8.87. The summed E-state index contributed by atoms with van der Waals surface area (Å²) in [7, 11) is 0. The average Bonchev–Trinajstić information content (AvgIpc) is 2.38. The highest BCUT2D eigenvalue weighted by Crippen LogP contribution is 2.21. The van der Waals surface area contributed by atoms with Crippen LogP contribution < -0.4 is 4.90 Å². The molecule has 1 fully saturated rings. The van der Waals surface area contributed by atoms with Crippen molar-refractivity contribution in [2.24, 2.45) is 0 Å². The van der Waals surface area contributed by atoms with Gasteiger partial charge in [-0.15, -0.1) is 11.6 Å². The molecule has 0 spiro atoms. The highest BCUT2D eigenvalue weighted by atomic mass is 35.5. The Hall–Kier alpha value is -1.31. The van der Waals surface area contributed by atoms with Gasteiger partial charge in [-0.25, -0.2) is 4.98 Å². The summed E-state index contributed by atoms with van der Waals surface area (Å²) < 4.78 is 5.31. The van der Waals surface area contributed by atoms with Gasteiger partial charge in [0.2, 0.25) is 0 Å². The third kappa shape index (κ3) is 2.68. The number of anilines is 1. The van der Waals surface area contributed by atoms with Gasteiger partial charge in [0.15, 0.2) is 6.10 Å². The number of halogens is 1. The van der Waals surface area contributed by atoms with Crippen molar-refractivity contribution in [3.63, 3.8) is 0 Å². The SMILES string of the molecule is Cc1cc(CCl)cnc1N1CCOC(C#N)C1. The summed E-state index contributed by atoms with van der Waals surface area (Å²) in [6, 6.07) is 4.17. The molecule has 0 saturated carbocycles. The highest BCUT2D eigenvalue weighted by Gasteiger charge is 2.22. The number of morpholine rings is 1. The van der Waals surface area contributed by atoms with E-state index in [1.807, 2.05) is 13.0 Å². The lowest BCUT2D eigenvalue weighted by Gasteiger charge is -2.31. The number of aromatic nitrogens is 1. The maximum atomic E-state index is 8.87. The standard InChI is InChI=1S/C12H14ClN3O/c1-9-4-10(5-13)7-15-12(9)16-2-3-17-11(6-14)8-16/h4,7,11H,2-3,5,8H2,1H3. The fraction of sp³-hybridized carbons (Fsp3) is 0.500. The average molecular weight is 252 g/mol. The Labute approximate surface area is 106 Å². The van der Waals surface area contributed by atoms with Crippen LogP contribution in [0.5, 0.6) is 0 Å². The number of hydrogen-bond donors (Lipinski definition) is 0. The second kappa shape index (κ2) is 5.35. The Morgan fingerprint density at radius 1 is 1.71 bits per heavy atom. The van der Waals surface area contributed by atoms with Crippen molar-refractivity contribution >= 4 is 17.4 Å². The van der Waals surface area contributed by atoms with E-state index in [9.17, 15) is 0 Å². The van der Waals surface area contributed by atoms with E-state index >= 15 is 0 Å². The summed E-state index contributed by atoms with van der Waals surface area (Å²) in [6.07, 6.45) is 1.42. The maximum Gasteiger partial charge on any atom is 0.161 e. The number of ether oxygens (including phenoxy) is 1. The van der Waals surface area contributed by atoms with E-state index in [4.69, 9.17) is 21.6 Å². The van der Waals surface area contributed by atoms with Crippen LogP contribution in [0.15, 0.2) is 12.3 Å². The molecule has 1 saturated heterocycles. The molecule has 17 heavy (non-hydrogen) atoms. The Bertz CT molecular complexity index is 444. The van der Waals surface area contributed by atoms with Gasteiger partial charge in [-0.3, -0.25) is 0 Å². The van der Waals surface area contributed by atoms with E-state index in [0.717, 1.165) is 23.5 Å². The number of nitriles is 1. The second-order valence-electron chi connectivity index (χ2n) is 4.05. The Balaban J connectivity index is 2.19. The molecule has 0 radical (unpaired) electrons. The first-order valence-corrected chi connectivity index (χ1v) is 6.05. The lowest BCUT2D eigenvalue weighted by molar-refractivity contribution is 0.0761. The van der Waals surface area contributed by atoms with Crippen LogP contribution in [-0.2, 0) is 10.6 Å². The number of aryl methyl sites for hydroxylation is 1.